The summed E-state index contributed by atoms with van der Waals surface area (Å²) in [6, 6.07) is 14.9. The van der Waals surface area contributed by atoms with Gasteiger partial charge in [0.1, 0.15) is 0 Å². The van der Waals surface area contributed by atoms with Crippen LogP contribution in [0.1, 0.15) is 10.4 Å². The SMILES string of the molecule is O=C(Nc1nc2ccccc2n1CCN1CCOCC1)c1ccccc1Cl. The Hall–Kier alpha value is -2.41. The summed E-state index contributed by atoms with van der Waals surface area (Å²) in [6.45, 7) is 4.99. The van der Waals surface area contributed by atoms with E-state index in [0.717, 1.165) is 50.4 Å². The Kier molecular flexibility index (Phi) is 5.38. The van der Waals surface area contributed by atoms with E-state index in [1.54, 1.807) is 24.3 Å². The molecule has 0 unspecified atom stereocenters. The van der Waals surface area contributed by atoms with Crippen molar-refractivity contribution in [2.24, 2.45) is 0 Å². The lowest BCUT2D eigenvalue weighted by Gasteiger charge is -2.26. The molecule has 1 aliphatic heterocycles. The predicted molar refractivity (Wildman–Crippen MR) is 106 cm³/mol. The van der Waals surface area contributed by atoms with Gasteiger partial charge in [-0.3, -0.25) is 15.0 Å². The molecule has 7 heteroatoms. The maximum atomic E-state index is 12.7. The van der Waals surface area contributed by atoms with Crippen molar-refractivity contribution in [3.05, 3.63) is 59.1 Å². The number of benzene rings is 2. The Bertz CT molecular complexity index is 950. The van der Waals surface area contributed by atoms with Gasteiger partial charge in [0.2, 0.25) is 5.95 Å². The monoisotopic (exact) mass is 384 g/mol. The molecule has 1 N–H and O–H groups in total. The Morgan fingerprint density at radius 2 is 1.81 bits per heavy atom. The molecular formula is C20H21ClN4O2. The van der Waals surface area contributed by atoms with Gasteiger partial charge in [-0.15, -0.1) is 0 Å². The molecule has 0 radical (unpaired) electrons. The molecule has 1 aliphatic rings. The second-order valence-corrected chi connectivity index (χ2v) is 6.87. The number of fused-ring (bicyclic) bond motifs is 1. The summed E-state index contributed by atoms with van der Waals surface area (Å²) >= 11 is 6.16. The number of rotatable bonds is 5. The van der Waals surface area contributed by atoms with Crippen LogP contribution in [0.2, 0.25) is 5.02 Å². The van der Waals surface area contributed by atoms with Crippen LogP contribution in [0, 0.1) is 0 Å². The zero-order valence-electron chi connectivity index (χ0n) is 14.9. The van der Waals surface area contributed by atoms with Crippen molar-refractivity contribution in [3.63, 3.8) is 0 Å². The number of halogens is 1. The average Bonchev–Trinajstić information content (AvgIpc) is 3.04. The van der Waals surface area contributed by atoms with Crippen LogP contribution in [0.5, 0.6) is 0 Å². The van der Waals surface area contributed by atoms with E-state index in [4.69, 9.17) is 16.3 Å². The van der Waals surface area contributed by atoms with Crippen molar-refractivity contribution in [2.75, 3.05) is 38.2 Å². The summed E-state index contributed by atoms with van der Waals surface area (Å²) in [4.78, 5) is 19.7. The Labute approximate surface area is 162 Å². The Morgan fingerprint density at radius 1 is 1.07 bits per heavy atom. The number of morpholine rings is 1. The largest absolute Gasteiger partial charge is 0.379 e. The van der Waals surface area contributed by atoms with Gasteiger partial charge in [0.05, 0.1) is 34.8 Å². The first kappa shape index (κ1) is 18.0. The number of aromatic nitrogens is 2. The number of imidazole rings is 1. The van der Waals surface area contributed by atoms with E-state index < -0.39 is 0 Å². The normalized spacial score (nSPS) is 15.1. The first-order chi connectivity index (χ1) is 13.2. The van der Waals surface area contributed by atoms with Gasteiger partial charge >= 0.3 is 0 Å². The van der Waals surface area contributed by atoms with Crippen molar-refractivity contribution in [2.45, 2.75) is 6.54 Å². The van der Waals surface area contributed by atoms with Crippen LogP contribution in [0.25, 0.3) is 11.0 Å². The number of hydrogen-bond acceptors (Lipinski definition) is 4. The second kappa shape index (κ2) is 8.08. The van der Waals surface area contributed by atoms with Gasteiger partial charge < -0.3 is 9.30 Å². The molecule has 1 fully saturated rings. The van der Waals surface area contributed by atoms with Gasteiger partial charge in [-0.1, -0.05) is 35.9 Å². The quantitative estimate of drug-likeness (QED) is 0.733. The minimum Gasteiger partial charge on any atom is -0.379 e. The van der Waals surface area contributed by atoms with E-state index in [1.165, 1.54) is 0 Å². The van der Waals surface area contributed by atoms with Crippen LogP contribution >= 0.6 is 11.6 Å². The lowest BCUT2D eigenvalue weighted by molar-refractivity contribution is 0.0366. The topological polar surface area (TPSA) is 59.4 Å². The third-order valence-corrected chi connectivity index (χ3v) is 5.07. The average molecular weight is 385 g/mol. The minimum absolute atomic E-state index is 0.261. The van der Waals surface area contributed by atoms with Crippen LogP contribution in [0.15, 0.2) is 48.5 Å². The highest BCUT2D eigenvalue weighted by Crippen LogP contribution is 2.22. The van der Waals surface area contributed by atoms with Gasteiger partial charge in [0.25, 0.3) is 5.91 Å². The van der Waals surface area contributed by atoms with Crippen LogP contribution < -0.4 is 5.32 Å². The maximum absolute atomic E-state index is 12.7. The molecule has 0 saturated carbocycles. The molecular weight excluding hydrogens is 364 g/mol. The minimum atomic E-state index is -0.261. The third-order valence-electron chi connectivity index (χ3n) is 4.74. The molecule has 2 heterocycles. The maximum Gasteiger partial charge on any atom is 0.259 e. The molecule has 0 aliphatic carbocycles. The van der Waals surface area contributed by atoms with E-state index in [1.807, 2.05) is 24.3 Å². The van der Waals surface area contributed by atoms with Crippen molar-refractivity contribution < 1.29 is 9.53 Å². The lowest BCUT2D eigenvalue weighted by Crippen LogP contribution is -2.38. The molecule has 1 amide bonds. The fourth-order valence-electron chi connectivity index (χ4n) is 3.28. The number of ether oxygens (including phenoxy) is 1. The lowest BCUT2D eigenvalue weighted by atomic mass is 10.2. The standard InChI is InChI=1S/C20H21ClN4O2/c21-16-6-2-1-5-15(16)19(26)23-20-22-17-7-3-4-8-18(17)25(20)10-9-24-11-13-27-14-12-24/h1-8H,9-14H2,(H,22,23,26). The summed E-state index contributed by atoms with van der Waals surface area (Å²) in [7, 11) is 0. The first-order valence-electron chi connectivity index (χ1n) is 9.03. The zero-order chi connectivity index (χ0) is 18.6. The van der Waals surface area contributed by atoms with Gasteiger partial charge in [0, 0.05) is 26.2 Å². The first-order valence-corrected chi connectivity index (χ1v) is 9.41. The highest BCUT2D eigenvalue weighted by atomic mass is 35.5. The zero-order valence-corrected chi connectivity index (χ0v) is 15.7. The number of hydrogen-bond donors (Lipinski definition) is 1. The Morgan fingerprint density at radius 3 is 2.63 bits per heavy atom. The highest BCUT2D eigenvalue weighted by Gasteiger charge is 2.17. The molecule has 6 nitrogen and oxygen atoms in total. The van der Waals surface area contributed by atoms with E-state index in [9.17, 15) is 4.79 Å². The van der Waals surface area contributed by atoms with E-state index in [-0.39, 0.29) is 5.91 Å². The molecule has 4 rings (SSSR count). The fourth-order valence-corrected chi connectivity index (χ4v) is 3.50. The van der Waals surface area contributed by atoms with Crippen molar-refractivity contribution in [1.29, 1.82) is 0 Å². The molecule has 2 aromatic carbocycles. The number of anilines is 1. The van der Waals surface area contributed by atoms with E-state index in [2.05, 4.69) is 19.8 Å². The summed E-state index contributed by atoms with van der Waals surface area (Å²) in [5.41, 5.74) is 2.29. The van der Waals surface area contributed by atoms with Crippen LogP contribution in [0.4, 0.5) is 5.95 Å². The molecule has 1 aromatic heterocycles. The molecule has 3 aromatic rings. The molecule has 140 valence electrons. The predicted octanol–water partition coefficient (Wildman–Crippen LogP) is 3.27. The summed E-state index contributed by atoms with van der Waals surface area (Å²) in [5, 5.41) is 3.35. The number of carbonyl (C=O) groups is 1. The number of amides is 1. The molecule has 0 atom stereocenters. The van der Waals surface area contributed by atoms with Crippen LogP contribution in [0.3, 0.4) is 0 Å². The van der Waals surface area contributed by atoms with Gasteiger partial charge in [0.15, 0.2) is 0 Å². The fraction of sp³-hybridized carbons (Fsp3) is 0.300. The van der Waals surface area contributed by atoms with Crippen LogP contribution in [-0.4, -0.2) is 53.2 Å². The third kappa shape index (κ3) is 3.98. The molecule has 27 heavy (non-hydrogen) atoms. The Balaban J connectivity index is 1.59. The number of nitrogens with one attached hydrogen (secondary N) is 1. The van der Waals surface area contributed by atoms with Crippen LogP contribution in [-0.2, 0) is 11.3 Å². The van der Waals surface area contributed by atoms with Gasteiger partial charge in [-0.25, -0.2) is 4.98 Å². The van der Waals surface area contributed by atoms with Crippen molar-refractivity contribution in [3.8, 4) is 0 Å². The molecule has 0 spiro atoms. The van der Waals surface area contributed by atoms with Gasteiger partial charge in [-0.05, 0) is 24.3 Å². The smallest absolute Gasteiger partial charge is 0.259 e. The summed E-state index contributed by atoms with van der Waals surface area (Å²) < 4.78 is 7.47. The van der Waals surface area contributed by atoms with Crippen molar-refractivity contribution in [1.82, 2.24) is 14.5 Å². The summed E-state index contributed by atoms with van der Waals surface area (Å²) in [6.07, 6.45) is 0. The highest BCUT2D eigenvalue weighted by molar-refractivity contribution is 6.34. The number of carbonyl (C=O) groups excluding carboxylic acids is 1. The molecule has 0 bridgehead atoms. The second-order valence-electron chi connectivity index (χ2n) is 6.46. The number of nitrogens with zero attached hydrogens (tertiary/aromatic N) is 3. The van der Waals surface area contributed by atoms with Gasteiger partial charge in [-0.2, -0.15) is 0 Å². The molecule has 1 saturated heterocycles. The van der Waals surface area contributed by atoms with E-state index >= 15 is 0 Å². The number of para-hydroxylation sites is 2. The van der Waals surface area contributed by atoms with E-state index in [0.29, 0.717) is 16.5 Å². The van der Waals surface area contributed by atoms with Crippen molar-refractivity contribution >= 4 is 34.5 Å². The summed E-state index contributed by atoms with van der Waals surface area (Å²) in [5.74, 6) is 0.276.